The molecule has 1 aromatic rings. The van der Waals surface area contributed by atoms with Gasteiger partial charge < -0.3 is 15.8 Å². The van der Waals surface area contributed by atoms with E-state index in [2.05, 4.69) is 5.32 Å². The number of hydrogen-bond donors (Lipinski definition) is 2. The molecule has 5 heteroatoms. The Kier molecular flexibility index (Phi) is 5.27. The molecular weight excluding hydrogens is 271 g/mol. The Hall–Kier alpha value is -0.320. The van der Waals surface area contributed by atoms with Gasteiger partial charge in [-0.3, -0.25) is 0 Å². The van der Waals surface area contributed by atoms with Gasteiger partial charge >= 0.3 is 0 Å². The Balaban J connectivity index is 2.03. The minimum atomic E-state index is -0.0320. The molecule has 0 radical (unpaired) electrons. The smallest absolute Gasteiger partial charge is 0.0700 e. The molecule has 1 heterocycles. The second-order valence-corrected chi connectivity index (χ2v) is 5.28. The highest BCUT2D eigenvalue weighted by atomic mass is 35.5. The molecule has 2 unspecified atom stereocenters. The molecule has 1 aromatic carbocycles. The van der Waals surface area contributed by atoms with Crippen LogP contribution in [0.5, 0.6) is 0 Å². The van der Waals surface area contributed by atoms with Crippen molar-refractivity contribution in [1.29, 1.82) is 0 Å². The number of nitrogens with two attached hydrogens (primary N) is 1. The van der Waals surface area contributed by atoms with Crippen molar-refractivity contribution in [2.24, 2.45) is 5.73 Å². The number of halogens is 2. The Labute approximate surface area is 118 Å². The monoisotopic (exact) mass is 288 g/mol. The molecule has 0 aromatic heterocycles. The van der Waals surface area contributed by atoms with E-state index in [-0.39, 0.29) is 12.1 Å². The van der Waals surface area contributed by atoms with E-state index < -0.39 is 0 Å². The standard InChI is InChI=1S/C13H18Cl2N2O/c14-10-4-1-5-11(15)13(10)12(7-16)17-8-9-3-2-6-18-9/h1,4-5,9,12,17H,2-3,6-8,16H2. The maximum absolute atomic E-state index is 6.19. The van der Waals surface area contributed by atoms with E-state index in [1.54, 1.807) is 0 Å². The van der Waals surface area contributed by atoms with Gasteiger partial charge in [0.25, 0.3) is 0 Å². The highest BCUT2D eigenvalue weighted by Gasteiger charge is 2.20. The summed E-state index contributed by atoms with van der Waals surface area (Å²) in [4.78, 5) is 0. The highest BCUT2D eigenvalue weighted by Crippen LogP contribution is 2.30. The largest absolute Gasteiger partial charge is 0.377 e. The van der Waals surface area contributed by atoms with E-state index in [0.717, 1.165) is 31.6 Å². The summed E-state index contributed by atoms with van der Waals surface area (Å²) in [6.45, 7) is 2.09. The Morgan fingerprint density at radius 1 is 1.39 bits per heavy atom. The third kappa shape index (κ3) is 3.37. The summed E-state index contributed by atoms with van der Waals surface area (Å²) < 4.78 is 5.57. The predicted molar refractivity (Wildman–Crippen MR) is 75.2 cm³/mol. The number of nitrogens with one attached hydrogen (secondary N) is 1. The molecule has 0 bridgehead atoms. The van der Waals surface area contributed by atoms with Gasteiger partial charge in [-0.25, -0.2) is 0 Å². The molecule has 0 aliphatic carbocycles. The predicted octanol–water partition coefficient (Wildman–Crippen LogP) is 2.76. The van der Waals surface area contributed by atoms with Gasteiger partial charge in [0.15, 0.2) is 0 Å². The van der Waals surface area contributed by atoms with E-state index in [1.807, 2.05) is 18.2 Å². The molecule has 1 saturated heterocycles. The van der Waals surface area contributed by atoms with Gasteiger partial charge in [0.05, 0.1) is 6.10 Å². The third-order valence-electron chi connectivity index (χ3n) is 3.20. The first kappa shape index (κ1) is 14.1. The summed E-state index contributed by atoms with van der Waals surface area (Å²) in [5.74, 6) is 0. The Morgan fingerprint density at radius 3 is 2.67 bits per heavy atom. The average Bonchev–Trinajstić information content (AvgIpc) is 2.86. The molecule has 2 rings (SSSR count). The van der Waals surface area contributed by atoms with Crippen LogP contribution in [0.3, 0.4) is 0 Å². The van der Waals surface area contributed by atoms with Crippen molar-refractivity contribution in [3.63, 3.8) is 0 Å². The van der Waals surface area contributed by atoms with Crippen LogP contribution in [0, 0.1) is 0 Å². The Morgan fingerprint density at radius 2 is 2.11 bits per heavy atom. The van der Waals surface area contributed by atoms with Gasteiger partial charge in [-0.15, -0.1) is 0 Å². The molecule has 3 nitrogen and oxygen atoms in total. The second kappa shape index (κ2) is 6.73. The zero-order valence-corrected chi connectivity index (χ0v) is 11.7. The fourth-order valence-electron chi connectivity index (χ4n) is 2.23. The minimum Gasteiger partial charge on any atom is -0.377 e. The van der Waals surface area contributed by atoms with Gasteiger partial charge in [0.2, 0.25) is 0 Å². The summed E-state index contributed by atoms with van der Waals surface area (Å²) in [7, 11) is 0. The van der Waals surface area contributed by atoms with Gasteiger partial charge in [0.1, 0.15) is 0 Å². The summed E-state index contributed by atoms with van der Waals surface area (Å²) in [6.07, 6.45) is 2.51. The maximum Gasteiger partial charge on any atom is 0.0700 e. The van der Waals surface area contributed by atoms with Crippen LogP contribution in [-0.4, -0.2) is 25.8 Å². The molecule has 0 amide bonds. The fourth-order valence-corrected chi connectivity index (χ4v) is 2.89. The zero-order valence-electron chi connectivity index (χ0n) is 10.2. The number of hydrogen-bond acceptors (Lipinski definition) is 3. The van der Waals surface area contributed by atoms with E-state index in [1.165, 1.54) is 0 Å². The van der Waals surface area contributed by atoms with E-state index in [9.17, 15) is 0 Å². The summed E-state index contributed by atoms with van der Waals surface area (Å²) in [6, 6.07) is 5.47. The van der Waals surface area contributed by atoms with Crippen molar-refractivity contribution in [1.82, 2.24) is 5.32 Å². The lowest BCUT2D eigenvalue weighted by Gasteiger charge is -2.21. The Bertz CT molecular complexity index is 374. The van der Waals surface area contributed by atoms with Crippen LogP contribution in [0.25, 0.3) is 0 Å². The molecule has 2 atom stereocenters. The SMILES string of the molecule is NCC(NCC1CCCO1)c1c(Cl)cccc1Cl. The molecular formula is C13H18Cl2N2O. The van der Waals surface area contributed by atoms with Crippen LogP contribution < -0.4 is 11.1 Å². The first-order chi connectivity index (χ1) is 8.72. The number of ether oxygens (including phenoxy) is 1. The van der Waals surface area contributed by atoms with E-state index >= 15 is 0 Å². The van der Waals surface area contributed by atoms with Crippen LogP contribution in [-0.2, 0) is 4.74 Å². The fraction of sp³-hybridized carbons (Fsp3) is 0.538. The van der Waals surface area contributed by atoms with E-state index in [4.69, 9.17) is 33.7 Å². The van der Waals surface area contributed by atoms with Crippen LogP contribution in [0.4, 0.5) is 0 Å². The lowest BCUT2D eigenvalue weighted by molar-refractivity contribution is 0.107. The van der Waals surface area contributed by atoms with Crippen LogP contribution >= 0.6 is 23.2 Å². The second-order valence-electron chi connectivity index (χ2n) is 4.47. The summed E-state index contributed by atoms with van der Waals surface area (Å²) in [5.41, 5.74) is 6.68. The first-order valence-electron chi connectivity index (χ1n) is 6.21. The lowest BCUT2D eigenvalue weighted by atomic mass is 10.1. The number of benzene rings is 1. The lowest BCUT2D eigenvalue weighted by Crippen LogP contribution is -2.34. The minimum absolute atomic E-state index is 0.0320. The van der Waals surface area contributed by atoms with Crippen LogP contribution in [0.15, 0.2) is 18.2 Å². The molecule has 18 heavy (non-hydrogen) atoms. The average molecular weight is 289 g/mol. The van der Waals surface area contributed by atoms with Crippen molar-refractivity contribution >= 4 is 23.2 Å². The van der Waals surface area contributed by atoms with Gasteiger partial charge in [-0.1, -0.05) is 29.3 Å². The van der Waals surface area contributed by atoms with Crippen molar-refractivity contribution in [3.05, 3.63) is 33.8 Å². The normalized spacial score (nSPS) is 21.2. The van der Waals surface area contributed by atoms with Crippen LogP contribution in [0.2, 0.25) is 10.0 Å². The molecule has 0 spiro atoms. The molecule has 100 valence electrons. The van der Waals surface area contributed by atoms with Gasteiger partial charge in [0, 0.05) is 41.3 Å². The van der Waals surface area contributed by atoms with Crippen molar-refractivity contribution in [2.75, 3.05) is 19.7 Å². The maximum atomic E-state index is 6.19. The molecule has 0 saturated carbocycles. The van der Waals surface area contributed by atoms with Crippen molar-refractivity contribution < 1.29 is 4.74 Å². The molecule has 1 aliphatic rings. The summed E-state index contributed by atoms with van der Waals surface area (Å²) in [5, 5.41) is 4.69. The molecule has 1 fully saturated rings. The van der Waals surface area contributed by atoms with E-state index in [0.29, 0.717) is 16.6 Å². The molecule has 3 N–H and O–H groups in total. The van der Waals surface area contributed by atoms with Gasteiger partial charge in [-0.05, 0) is 25.0 Å². The van der Waals surface area contributed by atoms with Gasteiger partial charge in [-0.2, -0.15) is 0 Å². The van der Waals surface area contributed by atoms with Crippen LogP contribution in [0.1, 0.15) is 24.4 Å². The van der Waals surface area contributed by atoms with Crippen molar-refractivity contribution in [3.8, 4) is 0 Å². The first-order valence-corrected chi connectivity index (χ1v) is 6.97. The topological polar surface area (TPSA) is 47.3 Å². The molecule has 1 aliphatic heterocycles. The highest BCUT2D eigenvalue weighted by molar-refractivity contribution is 6.36. The summed E-state index contributed by atoms with van der Waals surface area (Å²) >= 11 is 12.4. The zero-order chi connectivity index (χ0) is 13.0. The van der Waals surface area contributed by atoms with Crippen molar-refractivity contribution in [2.45, 2.75) is 25.0 Å². The number of rotatable bonds is 5. The third-order valence-corrected chi connectivity index (χ3v) is 3.86. The quantitative estimate of drug-likeness (QED) is 0.876.